The van der Waals surface area contributed by atoms with Gasteiger partial charge in [-0.25, -0.2) is 9.37 Å². The molecule has 0 saturated carbocycles. The molecule has 0 aliphatic heterocycles. The van der Waals surface area contributed by atoms with Gasteiger partial charge in [0.2, 0.25) is 0 Å². The number of esters is 1. The summed E-state index contributed by atoms with van der Waals surface area (Å²) in [5, 5.41) is 0.922. The monoisotopic (exact) mass is 335 g/mol. The van der Waals surface area contributed by atoms with Crippen molar-refractivity contribution >= 4 is 39.1 Å². The van der Waals surface area contributed by atoms with E-state index >= 15 is 0 Å². The second-order valence-electron chi connectivity index (χ2n) is 4.61. The van der Waals surface area contributed by atoms with Crippen LogP contribution in [0.2, 0.25) is 5.02 Å². The van der Waals surface area contributed by atoms with Crippen LogP contribution < -0.4 is 0 Å². The molecule has 0 aliphatic rings. The van der Waals surface area contributed by atoms with Gasteiger partial charge in [-0.2, -0.15) is 0 Å². The highest BCUT2D eigenvalue weighted by molar-refractivity contribution is 7.18. The molecule has 0 aliphatic carbocycles. The van der Waals surface area contributed by atoms with Crippen LogP contribution in [0.1, 0.15) is 10.6 Å². The first-order valence-corrected chi connectivity index (χ1v) is 7.76. The zero-order chi connectivity index (χ0) is 15.5. The highest BCUT2D eigenvalue weighted by atomic mass is 35.5. The normalized spacial score (nSPS) is 10.8. The second kappa shape index (κ2) is 6.42. The lowest BCUT2D eigenvalue weighted by atomic mass is 10.1. The second-order valence-corrected chi connectivity index (χ2v) is 6.14. The summed E-state index contributed by atoms with van der Waals surface area (Å²) in [6, 6.07) is 12.0. The summed E-state index contributed by atoms with van der Waals surface area (Å²) < 4.78 is 19.8. The Labute approximate surface area is 135 Å². The van der Waals surface area contributed by atoms with Crippen molar-refractivity contribution in [3.63, 3.8) is 0 Å². The fourth-order valence-electron chi connectivity index (χ4n) is 2.02. The van der Waals surface area contributed by atoms with E-state index in [1.54, 1.807) is 6.07 Å². The van der Waals surface area contributed by atoms with Crippen LogP contribution >= 0.6 is 22.9 Å². The van der Waals surface area contributed by atoms with Gasteiger partial charge >= 0.3 is 5.97 Å². The smallest absolute Gasteiger partial charge is 0.310 e. The summed E-state index contributed by atoms with van der Waals surface area (Å²) in [5.74, 6) is -1.05. The summed E-state index contributed by atoms with van der Waals surface area (Å²) in [5.41, 5.74) is 1.02. The number of thiazole rings is 1. The third-order valence-electron chi connectivity index (χ3n) is 3.08. The Hall–Kier alpha value is -1.98. The number of benzene rings is 2. The topological polar surface area (TPSA) is 39.2 Å². The highest BCUT2D eigenvalue weighted by Gasteiger charge is 2.14. The number of para-hydroxylation sites is 1. The molecule has 0 radical (unpaired) electrons. The van der Waals surface area contributed by atoms with Gasteiger partial charge < -0.3 is 4.74 Å². The van der Waals surface area contributed by atoms with E-state index in [1.165, 1.54) is 23.5 Å². The quantitative estimate of drug-likeness (QED) is 0.664. The highest BCUT2D eigenvalue weighted by Crippen LogP contribution is 2.23. The van der Waals surface area contributed by atoms with Gasteiger partial charge in [0.05, 0.1) is 16.6 Å². The van der Waals surface area contributed by atoms with Gasteiger partial charge in [-0.05, 0) is 24.3 Å². The number of halogens is 2. The molecule has 22 heavy (non-hydrogen) atoms. The largest absolute Gasteiger partial charge is 0.458 e. The predicted molar refractivity (Wildman–Crippen MR) is 84.5 cm³/mol. The van der Waals surface area contributed by atoms with Gasteiger partial charge in [-0.15, -0.1) is 11.3 Å². The van der Waals surface area contributed by atoms with E-state index in [0.29, 0.717) is 5.01 Å². The van der Waals surface area contributed by atoms with Crippen molar-refractivity contribution in [2.75, 3.05) is 0 Å². The molecule has 1 aromatic heterocycles. The summed E-state index contributed by atoms with van der Waals surface area (Å²) in [4.78, 5) is 16.2. The van der Waals surface area contributed by atoms with Gasteiger partial charge in [0, 0.05) is 10.6 Å². The maximum absolute atomic E-state index is 13.6. The molecule has 0 amide bonds. The van der Waals surface area contributed by atoms with Gasteiger partial charge in [-0.1, -0.05) is 29.8 Å². The van der Waals surface area contributed by atoms with E-state index in [4.69, 9.17) is 16.3 Å². The molecule has 0 spiro atoms. The molecule has 0 unspecified atom stereocenters. The maximum Gasteiger partial charge on any atom is 0.310 e. The minimum absolute atomic E-state index is 0.0737. The molecule has 3 nitrogen and oxygen atoms in total. The number of ether oxygens (including phenoxy) is 1. The van der Waals surface area contributed by atoms with Crippen molar-refractivity contribution < 1.29 is 13.9 Å². The Kier molecular flexibility index (Phi) is 4.36. The van der Waals surface area contributed by atoms with Crippen LogP contribution in [0.15, 0.2) is 42.5 Å². The van der Waals surface area contributed by atoms with E-state index in [9.17, 15) is 9.18 Å². The molecule has 0 N–H and O–H groups in total. The van der Waals surface area contributed by atoms with E-state index in [2.05, 4.69) is 4.98 Å². The molecule has 6 heteroatoms. The van der Waals surface area contributed by atoms with Crippen molar-refractivity contribution in [3.05, 3.63) is 63.9 Å². The van der Waals surface area contributed by atoms with E-state index in [-0.39, 0.29) is 23.6 Å². The van der Waals surface area contributed by atoms with Gasteiger partial charge in [0.15, 0.2) is 0 Å². The van der Waals surface area contributed by atoms with Crippen LogP contribution in [-0.4, -0.2) is 11.0 Å². The van der Waals surface area contributed by atoms with Crippen LogP contribution in [0, 0.1) is 5.82 Å². The van der Waals surface area contributed by atoms with E-state index < -0.39 is 11.8 Å². The average Bonchev–Trinajstić information content (AvgIpc) is 2.92. The van der Waals surface area contributed by atoms with Gasteiger partial charge in [0.1, 0.15) is 17.4 Å². The van der Waals surface area contributed by atoms with Crippen molar-refractivity contribution in [2.45, 2.75) is 13.0 Å². The van der Waals surface area contributed by atoms with Crippen LogP contribution in [-0.2, 0) is 22.6 Å². The van der Waals surface area contributed by atoms with Crippen LogP contribution in [0.5, 0.6) is 0 Å². The van der Waals surface area contributed by atoms with Gasteiger partial charge in [-0.3, -0.25) is 4.79 Å². The number of hydrogen-bond acceptors (Lipinski definition) is 4. The Morgan fingerprint density at radius 1 is 1.23 bits per heavy atom. The summed E-state index contributed by atoms with van der Waals surface area (Å²) in [6.45, 7) is 0.0737. The minimum atomic E-state index is -0.536. The Morgan fingerprint density at radius 2 is 2.05 bits per heavy atom. The third-order valence-corrected chi connectivity index (χ3v) is 4.44. The lowest BCUT2D eigenvalue weighted by molar-refractivity contribution is -0.144. The SMILES string of the molecule is O=C(Cc1c(F)cccc1Cl)OCc1nc2ccccc2s1. The lowest BCUT2D eigenvalue weighted by Crippen LogP contribution is -2.09. The van der Waals surface area contributed by atoms with E-state index in [1.807, 2.05) is 24.3 Å². The zero-order valence-corrected chi connectivity index (χ0v) is 13.0. The summed E-state index contributed by atoms with van der Waals surface area (Å²) in [6.07, 6.45) is -0.198. The lowest BCUT2D eigenvalue weighted by Gasteiger charge is -2.05. The van der Waals surface area contributed by atoms with Gasteiger partial charge in [0.25, 0.3) is 0 Å². The average molecular weight is 336 g/mol. The number of fused-ring (bicyclic) bond motifs is 1. The standard InChI is InChI=1S/C16H11ClFNO2S/c17-11-4-3-5-12(18)10(11)8-16(20)21-9-15-19-13-6-1-2-7-14(13)22-15/h1-7H,8-9H2. The van der Waals surface area contributed by atoms with Crippen LogP contribution in [0.3, 0.4) is 0 Å². The molecule has 0 atom stereocenters. The fourth-order valence-corrected chi connectivity index (χ4v) is 3.13. The molecule has 3 aromatic rings. The molecule has 1 heterocycles. The van der Waals surface area contributed by atoms with Crippen molar-refractivity contribution in [1.29, 1.82) is 0 Å². The fraction of sp³-hybridized carbons (Fsp3) is 0.125. The first-order chi connectivity index (χ1) is 10.6. The van der Waals surface area contributed by atoms with Crippen LogP contribution in [0.25, 0.3) is 10.2 Å². The molecular weight excluding hydrogens is 325 g/mol. The van der Waals surface area contributed by atoms with E-state index in [0.717, 1.165) is 10.2 Å². The Bertz CT molecular complexity index is 781. The number of aromatic nitrogens is 1. The Balaban J connectivity index is 1.65. The summed E-state index contributed by atoms with van der Waals surface area (Å²) >= 11 is 7.35. The first kappa shape index (κ1) is 14.9. The van der Waals surface area contributed by atoms with Crippen molar-refractivity contribution in [2.24, 2.45) is 0 Å². The molecular formula is C16H11ClFNO2S. The molecule has 2 aromatic carbocycles. The van der Waals surface area contributed by atoms with Crippen LogP contribution in [0.4, 0.5) is 4.39 Å². The third kappa shape index (κ3) is 3.26. The van der Waals surface area contributed by atoms with Crippen molar-refractivity contribution in [3.8, 4) is 0 Å². The first-order valence-electron chi connectivity index (χ1n) is 6.56. The number of carbonyl (C=O) groups is 1. The minimum Gasteiger partial charge on any atom is -0.458 e. The number of hydrogen-bond donors (Lipinski definition) is 0. The molecule has 3 rings (SSSR count). The zero-order valence-electron chi connectivity index (χ0n) is 11.4. The molecule has 0 saturated heterocycles. The number of rotatable bonds is 4. The van der Waals surface area contributed by atoms with Crippen molar-refractivity contribution in [1.82, 2.24) is 4.98 Å². The molecule has 0 fully saturated rings. The number of carbonyl (C=O) groups excluding carboxylic acids is 1. The maximum atomic E-state index is 13.6. The number of nitrogens with zero attached hydrogens (tertiary/aromatic N) is 1. The molecule has 0 bridgehead atoms. The molecule has 112 valence electrons. The summed E-state index contributed by atoms with van der Waals surface area (Å²) in [7, 11) is 0. The predicted octanol–water partition coefficient (Wildman–Crippen LogP) is 4.37. The Morgan fingerprint density at radius 3 is 2.82 bits per heavy atom.